The molecule has 3 heteroatoms. The van der Waals surface area contributed by atoms with Gasteiger partial charge in [-0.15, -0.1) is 0 Å². The Hall–Kier alpha value is -0.540. The summed E-state index contributed by atoms with van der Waals surface area (Å²) in [6.45, 7) is 0. The van der Waals surface area contributed by atoms with Crippen LogP contribution in [0.25, 0.3) is 0 Å². The summed E-state index contributed by atoms with van der Waals surface area (Å²) < 4.78 is 1.12. The van der Waals surface area contributed by atoms with E-state index in [1.807, 2.05) is 6.07 Å². The molecule has 0 aromatic heterocycles. The third-order valence-corrected chi connectivity index (χ3v) is 3.40. The number of nitrogens with two attached hydrogens (primary N) is 1. The quantitative estimate of drug-likeness (QED) is 0.865. The highest BCUT2D eigenvalue weighted by molar-refractivity contribution is 9.10. The number of hydrogen-bond acceptors (Lipinski definition) is 2. The third kappa shape index (κ3) is 3.21. The lowest BCUT2D eigenvalue weighted by atomic mass is 9.91. The zero-order chi connectivity index (χ0) is 10.7. The minimum absolute atomic E-state index is 0.378. The van der Waals surface area contributed by atoms with Crippen LogP contribution >= 0.6 is 15.9 Å². The molecule has 3 N–H and O–H groups in total. The van der Waals surface area contributed by atoms with Gasteiger partial charge >= 0.3 is 0 Å². The van der Waals surface area contributed by atoms with Gasteiger partial charge in [-0.05, 0) is 43.9 Å². The highest BCUT2D eigenvalue weighted by Crippen LogP contribution is 2.22. The molecule has 0 amide bonds. The van der Waals surface area contributed by atoms with Gasteiger partial charge in [-0.2, -0.15) is 0 Å². The normalized spacial score (nSPS) is 26.3. The van der Waals surface area contributed by atoms with E-state index >= 15 is 0 Å². The first-order valence-corrected chi connectivity index (χ1v) is 6.31. The van der Waals surface area contributed by atoms with Crippen molar-refractivity contribution in [2.75, 3.05) is 5.32 Å². The zero-order valence-corrected chi connectivity index (χ0v) is 10.3. The summed E-state index contributed by atoms with van der Waals surface area (Å²) in [7, 11) is 0. The highest BCUT2D eigenvalue weighted by atomic mass is 79.9. The van der Waals surface area contributed by atoms with E-state index < -0.39 is 0 Å². The Kier molecular flexibility index (Phi) is 3.65. The molecule has 0 aliphatic heterocycles. The Morgan fingerprint density at radius 3 is 2.93 bits per heavy atom. The number of nitrogens with one attached hydrogen (secondary N) is 1. The topological polar surface area (TPSA) is 38.0 Å². The van der Waals surface area contributed by atoms with Gasteiger partial charge in [0.05, 0.1) is 0 Å². The average Bonchev–Trinajstić information content (AvgIpc) is 2.17. The molecular formula is C12H17BrN2. The van der Waals surface area contributed by atoms with Gasteiger partial charge in [0.15, 0.2) is 0 Å². The molecule has 0 bridgehead atoms. The molecule has 0 spiro atoms. The summed E-state index contributed by atoms with van der Waals surface area (Å²) in [5.41, 5.74) is 7.14. The zero-order valence-electron chi connectivity index (χ0n) is 8.75. The molecule has 0 saturated heterocycles. The van der Waals surface area contributed by atoms with Crippen LogP contribution in [0.1, 0.15) is 25.7 Å². The van der Waals surface area contributed by atoms with E-state index in [2.05, 4.69) is 39.4 Å². The van der Waals surface area contributed by atoms with Gasteiger partial charge in [-0.3, -0.25) is 0 Å². The van der Waals surface area contributed by atoms with Crippen LogP contribution in [0.5, 0.6) is 0 Å². The van der Waals surface area contributed by atoms with E-state index in [0.29, 0.717) is 12.1 Å². The maximum Gasteiger partial charge on any atom is 0.0353 e. The molecule has 1 aromatic carbocycles. The second kappa shape index (κ2) is 4.99. The Morgan fingerprint density at radius 2 is 2.20 bits per heavy atom. The van der Waals surface area contributed by atoms with Crippen LogP contribution in [0.3, 0.4) is 0 Å². The molecule has 1 fully saturated rings. The van der Waals surface area contributed by atoms with E-state index in [4.69, 9.17) is 5.73 Å². The molecule has 2 nitrogen and oxygen atoms in total. The summed E-state index contributed by atoms with van der Waals surface area (Å²) in [6, 6.07) is 9.23. The summed E-state index contributed by atoms with van der Waals surface area (Å²) in [4.78, 5) is 0. The Labute approximate surface area is 99.4 Å². The van der Waals surface area contributed by atoms with E-state index in [1.165, 1.54) is 24.9 Å². The number of hydrogen-bond donors (Lipinski definition) is 2. The molecule has 1 aliphatic rings. The molecule has 0 heterocycles. The largest absolute Gasteiger partial charge is 0.382 e. The van der Waals surface area contributed by atoms with Crippen molar-refractivity contribution in [1.29, 1.82) is 0 Å². The van der Waals surface area contributed by atoms with Crippen LogP contribution in [0.15, 0.2) is 28.7 Å². The predicted molar refractivity (Wildman–Crippen MR) is 68.0 cm³/mol. The smallest absolute Gasteiger partial charge is 0.0353 e. The first-order valence-electron chi connectivity index (χ1n) is 5.52. The van der Waals surface area contributed by atoms with Gasteiger partial charge in [-0.25, -0.2) is 0 Å². The van der Waals surface area contributed by atoms with Gasteiger partial charge < -0.3 is 11.1 Å². The first-order chi connectivity index (χ1) is 7.24. The second-order valence-corrected chi connectivity index (χ2v) is 5.19. The van der Waals surface area contributed by atoms with Crippen LogP contribution in [0.4, 0.5) is 5.69 Å². The van der Waals surface area contributed by atoms with Crippen LogP contribution in [0, 0.1) is 0 Å². The summed E-state index contributed by atoms with van der Waals surface area (Å²) in [6.07, 6.45) is 4.75. The number of halogens is 1. The lowest BCUT2D eigenvalue weighted by Crippen LogP contribution is -2.34. The maximum atomic E-state index is 5.96. The van der Waals surface area contributed by atoms with Crippen molar-refractivity contribution in [3.63, 3.8) is 0 Å². The Bertz CT molecular complexity index is 327. The fourth-order valence-corrected chi connectivity index (χ4v) is 2.57. The molecule has 1 saturated carbocycles. The van der Waals surface area contributed by atoms with Crippen molar-refractivity contribution in [3.05, 3.63) is 28.7 Å². The predicted octanol–water partition coefficient (Wildman–Crippen LogP) is 3.13. The van der Waals surface area contributed by atoms with Crippen molar-refractivity contribution in [1.82, 2.24) is 0 Å². The SMILES string of the molecule is NC1CCCC(Nc2cccc(Br)c2)C1. The fraction of sp³-hybridized carbons (Fsp3) is 0.500. The van der Waals surface area contributed by atoms with E-state index in [9.17, 15) is 0 Å². The summed E-state index contributed by atoms with van der Waals surface area (Å²) >= 11 is 3.47. The molecule has 15 heavy (non-hydrogen) atoms. The van der Waals surface area contributed by atoms with Gasteiger partial charge in [0.25, 0.3) is 0 Å². The first kappa shape index (κ1) is 11.0. The lowest BCUT2D eigenvalue weighted by Gasteiger charge is -2.28. The maximum absolute atomic E-state index is 5.96. The molecule has 2 unspecified atom stereocenters. The highest BCUT2D eigenvalue weighted by Gasteiger charge is 2.18. The van der Waals surface area contributed by atoms with Gasteiger partial charge in [-0.1, -0.05) is 22.0 Å². The van der Waals surface area contributed by atoms with Crippen LogP contribution in [-0.4, -0.2) is 12.1 Å². The Balaban J connectivity index is 1.96. The van der Waals surface area contributed by atoms with E-state index in [-0.39, 0.29) is 0 Å². The van der Waals surface area contributed by atoms with Crippen molar-refractivity contribution in [2.45, 2.75) is 37.8 Å². The lowest BCUT2D eigenvalue weighted by molar-refractivity contribution is 0.409. The molecule has 0 radical (unpaired) electrons. The standard InChI is InChI=1S/C12H17BrN2/c13-9-3-1-5-11(7-9)15-12-6-2-4-10(14)8-12/h1,3,5,7,10,12,15H,2,4,6,8,14H2. The van der Waals surface area contributed by atoms with Crippen molar-refractivity contribution >= 4 is 21.6 Å². The average molecular weight is 269 g/mol. The molecular weight excluding hydrogens is 252 g/mol. The monoisotopic (exact) mass is 268 g/mol. The van der Waals surface area contributed by atoms with Crippen LogP contribution in [0.2, 0.25) is 0 Å². The van der Waals surface area contributed by atoms with E-state index in [0.717, 1.165) is 10.9 Å². The van der Waals surface area contributed by atoms with E-state index in [1.54, 1.807) is 0 Å². The van der Waals surface area contributed by atoms with Crippen molar-refractivity contribution in [3.8, 4) is 0 Å². The van der Waals surface area contributed by atoms with Crippen LogP contribution in [-0.2, 0) is 0 Å². The third-order valence-electron chi connectivity index (χ3n) is 2.91. The fourth-order valence-electron chi connectivity index (χ4n) is 2.17. The van der Waals surface area contributed by atoms with Gasteiger partial charge in [0, 0.05) is 22.2 Å². The second-order valence-electron chi connectivity index (χ2n) is 4.28. The molecule has 2 rings (SSSR count). The molecule has 2 atom stereocenters. The van der Waals surface area contributed by atoms with Crippen LogP contribution < -0.4 is 11.1 Å². The number of anilines is 1. The minimum atomic E-state index is 0.378. The number of rotatable bonds is 2. The van der Waals surface area contributed by atoms with Crippen molar-refractivity contribution < 1.29 is 0 Å². The molecule has 82 valence electrons. The number of benzene rings is 1. The summed E-state index contributed by atoms with van der Waals surface area (Å²) in [5, 5.41) is 3.54. The summed E-state index contributed by atoms with van der Waals surface area (Å²) in [5.74, 6) is 0. The molecule has 1 aromatic rings. The van der Waals surface area contributed by atoms with Crippen molar-refractivity contribution in [2.24, 2.45) is 5.73 Å². The van der Waals surface area contributed by atoms with Gasteiger partial charge in [0.1, 0.15) is 0 Å². The minimum Gasteiger partial charge on any atom is -0.382 e. The Morgan fingerprint density at radius 1 is 1.33 bits per heavy atom. The molecule has 1 aliphatic carbocycles. The van der Waals surface area contributed by atoms with Gasteiger partial charge in [0.2, 0.25) is 0 Å².